The molecule has 0 aromatic carbocycles. The van der Waals surface area contributed by atoms with Crippen LogP contribution in [0.4, 0.5) is 19.1 Å². The maximum Gasteiger partial charge on any atom is 0.392 e. The molecule has 8 nitrogen and oxygen atoms in total. The number of aliphatic imine (C=N–C) groups is 1. The fourth-order valence-electron chi connectivity index (χ4n) is 4.67. The van der Waals surface area contributed by atoms with E-state index < -0.39 is 19.2 Å². The molecule has 2 aromatic rings. The minimum atomic E-state index is -4.25. The average Bonchev–Trinajstić information content (AvgIpc) is 3.37. The van der Waals surface area contributed by atoms with Crippen molar-refractivity contribution < 1.29 is 17.9 Å². The van der Waals surface area contributed by atoms with Gasteiger partial charge in [-0.05, 0) is 55.7 Å². The largest absolute Gasteiger partial charge is 0.489 e. The summed E-state index contributed by atoms with van der Waals surface area (Å²) in [5.74, 6) is 2.69. The molecular weight excluding hydrogens is 431 g/mol. The molecule has 168 valence electrons. The van der Waals surface area contributed by atoms with Crippen LogP contribution in [0.3, 0.4) is 0 Å². The average molecular weight is 456 g/mol. The summed E-state index contributed by atoms with van der Waals surface area (Å²) in [5, 5.41) is 7.97. The Balaban J connectivity index is 1.26. The number of hydrogen-bond acceptors (Lipinski definition) is 8. The van der Waals surface area contributed by atoms with Crippen LogP contribution in [0.1, 0.15) is 26.2 Å². The van der Waals surface area contributed by atoms with Gasteiger partial charge in [0.1, 0.15) is 5.84 Å². The summed E-state index contributed by atoms with van der Waals surface area (Å²) in [6.45, 7) is 3.45. The third kappa shape index (κ3) is 4.40. The van der Waals surface area contributed by atoms with Crippen LogP contribution in [0.5, 0.6) is 5.75 Å². The van der Waals surface area contributed by atoms with Crippen molar-refractivity contribution in [3.05, 3.63) is 18.3 Å². The molecule has 5 rings (SSSR count). The summed E-state index contributed by atoms with van der Waals surface area (Å²) in [5.41, 5.74) is 0.545. The first-order valence-corrected chi connectivity index (χ1v) is 11.3. The summed E-state index contributed by atoms with van der Waals surface area (Å²) in [6.07, 6.45) is -1.26. The third-order valence-corrected chi connectivity index (χ3v) is 7.08. The summed E-state index contributed by atoms with van der Waals surface area (Å²) in [4.78, 5) is 11.6. The van der Waals surface area contributed by atoms with Crippen molar-refractivity contribution in [3.63, 3.8) is 0 Å². The van der Waals surface area contributed by atoms with Crippen molar-refractivity contribution in [2.24, 2.45) is 16.8 Å². The molecule has 2 aromatic heterocycles. The van der Waals surface area contributed by atoms with Gasteiger partial charge in [0.15, 0.2) is 16.9 Å². The number of likely N-dealkylation sites (tertiary alicyclic amines) is 1. The number of hydrogen-bond donors (Lipinski definition) is 2. The van der Waals surface area contributed by atoms with Crippen LogP contribution < -0.4 is 14.8 Å². The van der Waals surface area contributed by atoms with Gasteiger partial charge < -0.3 is 14.8 Å². The number of piperidine rings is 1. The molecule has 0 radical (unpaired) electrons. The lowest BCUT2D eigenvalue weighted by Gasteiger charge is -2.39. The second kappa shape index (κ2) is 8.05. The minimum absolute atomic E-state index is 0.133. The Morgan fingerprint density at radius 2 is 2.06 bits per heavy atom. The predicted octanol–water partition coefficient (Wildman–Crippen LogP) is 3.14. The van der Waals surface area contributed by atoms with Crippen LogP contribution in [0.25, 0.3) is 5.65 Å². The zero-order valence-electron chi connectivity index (χ0n) is 17.0. The van der Waals surface area contributed by atoms with E-state index in [0.717, 1.165) is 31.8 Å². The molecule has 4 heterocycles. The highest BCUT2D eigenvalue weighted by atomic mass is 32.2. The number of alkyl halides is 3. The second-order valence-electron chi connectivity index (χ2n) is 8.27. The molecule has 1 aliphatic carbocycles. The number of nitrogens with one attached hydrogen (secondary N) is 2. The highest BCUT2D eigenvalue weighted by molar-refractivity contribution is 7.98. The number of nitrogens with zero attached hydrogens (tertiary/aromatic N) is 5. The molecule has 4 atom stereocenters. The molecule has 2 unspecified atom stereocenters. The lowest BCUT2D eigenvalue weighted by Crippen LogP contribution is -2.50. The van der Waals surface area contributed by atoms with E-state index >= 15 is 0 Å². The fraction of sp³-hybridized carbons (Fsp3) is 0.632. The third-order valence-electron chi connectivity index (χ3n) is 6.06. The van der Waals surface area contributed by atoms with Crippen molar-refractivity contribution in [2.45, 2.75) is 43.9 Å². The van der Waals surface area contributed by atoms with Gasteiger partial charge in [-0.1, -0.05) is 0 Å². The zero-order valence-corrected chi connectivity index (χ0v) is 17.8. The van der Waals surface area contributed by atoms with Crippen LogP contribution in [0, 0.1) is 11.8 Å². The number of aromatic nitrogens is 3. The fourth-order valence-corrected chi connectivity index (χ4v) is 5.53. The smallest absolute Gasteiger partial charge is 0.392 e. The molecule has 2 N–H and O–H groups in total. The lowest BCUT2D eigenvalue weighted by atomic mass is 9.92. The van der Waals surface area contributed by atoms with E-state index in [1.807, 2.05) is 6.92 Å². The molecule has 3 aliphatic rings. The van der Waals surface area contributed by atoms with E-state index in [1.165, 1.54) is 0 Å². The van der Waals surface area contributed by atoms with E-state index in [4.69, 9.17) is 4.74 Å². The molecule has 12 heteroatoms. The predicted molar refractivity (Wildman–Crippen MR) is 112 cm³/mol. The Morgan fingerprint density at radius 3 is 2.74 bits per heavy atom. The Bertz CT molecular complexity index is 967. The Kier molecular flexibility index (Phi) is 5.37. The number of anilines is 1. The van der Waals surface area contributed by atoms with E-state index in [2.05, 4.69) is 30.0 Å². The van der Waals surface area contributed by atoms with Gasteiger partial charge in [0.2, 0.25) is 5.95 Å². The molecule has 1 saturated heterocycles. The zero-order chi connectivity index (χ0) is 21.6. The molecule has 2 fully saturated rings. The first-order valence-electron chi connectivity index (χ1n) is 10.4. The molecule has 1 saturated carbocycles. The first kappa shape index (κ1) is 20.7. The Labute approximate surface area is 181 Å². The Hall–Kier alpha value is -2.21. The van der Waals surface area contributed by atoms with Gasteiger partial charge in [-0.15, -0.1) is 5.10 Å². The standard InChI is InChI=1S/C19H24F3N7OS/c1-11-23-18(31-27-11)28-9-12-4-5-13(10-28)15(12)24-17-25-16-14(3-2-7-29(16)26-17)30-8-6-19(20,21)22/h2-3,7,12-13,15,18H,4-6,8-10H2,1H3,(H,23,27)(H,24,26)/t12-,13+,15?,18?. The van der Waals surface area contributed by atoms with Gasteiger partial charge >= 0.3 is 6.18 Å². The summed E-state index contributed by atoms with van der Waals surface area (Å²) in [6, 6.07) is 3.57. The van der Waals surface area contributed by atoms with Crippen LogP contribution >= 0.6 is 11.9 Å². The summed E-state index contributed by atoms with van der Waals surface area (Å²) < 4.78 is 47.4. The lowest BCUT2D eigenvalue weighted by molar-refractivity contribution is -0.139. The summed E-state index contributed by atoms with van der Waals surface area (Å²) >= 11 is 1.65. The monoisotopic (exact) mass is 455 g/mol. The van der Waals surface area contributed by atoms with Gasteiger partial charge in [-0.25, -0.2) is 9.51 Å². The quantitative estimate of drug-likeness (QED) is 0.648. The minimum Gasteiger partial charge on any atom is -0.489 e. The highest BCUT2D eigenvalue weighted by Gasteiger charge is 2.44. The van der Waals surface area contributed by atoms with Gasteiger partial charge in [0.05, 0.1) is 13.0 Å². The highest BCUT2D eigenvalue weighted by Crippen LogP contribution is 2.40. The van der Waals surface area contributed by atoms with Crippen molar-refractivity contribution in [3.8, 4) is 5.75 Å². The molecule has 2 bridgehead atoms. The van der Waals surface area contributed by atoms with Crippen LogP contribution in [0.2, 0.25) is 0 Å². The van der Waals surface area contributed by atoms with E-state index in [1.54, 1.807) is 34.8 Å². The van der Waals surface area contributed by atoms with Gasteiger partial charge in [0.25, 0.3) is 0 Å². The maximum atomic E-state index is 12.4. The SMILES string of the molecule is CC1=NC(N2C[C@H]3CC[C@@H](C2)C3Nc2nc3c(OCCC(F)(F)F)cccn3n2)SN1. The second-order valence-corrected chi connectivity index (χ2v) is 9.13. The molecular formula is C19H24F3N7OS. The van der Waals surface area contributed by atoms with E-state index in [-0.39, 0.29) is 11.5 Å². The van der Waals surface area contributed by atoms with Crippen molar-refractivity contribution in [2.75, 3.05) is 25.0 Å². The number of ether oxygens (including phenoxy) is 1. The molecule has 31 heavy (non-hydrogen) atoms. The number of pyridine rings is 1. The van der Waals surface area contributed by atoms with E-state index in [0.29, 0.717) is 29.2 Å². The van der Waals surface area contributed by atoms with E-state index in [9.17, 15) is 13.2 Å². The summed E-state index contributed by atoms with van der Waals surface area (Å²) in [7, 11) is 0. The first-order chi connectivity index (χ1) is 14.9. The number of halogens is 3. The van der Waals surface area contributed by atoms with Gasteiger partial charge in [-0.2, -0.15) is 18.2 Å². The van der Waals surface area contributed by atoms with Crippen molar-refractivity contribution in [1.82, 2.24) is 24.2 Å². The molecule has 2 aliphatic heterocycles. The normalized spacial score (nSPS) is 28.6. The molecule has 0 spiro atoms. The number of rotatable bonds is 6. The Morgan fingerprint density at radius 1 is 1.29 bits per heavy atom. The maximum absolute atomic E-state index is 12.4. The number of fused-ring (bicyclic) bond motifs is 3. The van der Waals surface area contributed by atoms with Crippen molar-refractivity contribution >= 4 is 29.4 Å². The van der Waals surface area contributed by atoms with Gasteiger partial charge in [-0.3, -0.25) is 4.90 Å². The van der Waals surface area contributed by atoms with Crippen LogP contribution in [-0.2, 0) is 0 Å². The number of amidine groups is 1. The van der Waals surface area contributed by atoms with Crippen LogP contribution in [-0.4, -0.2) is 62.7 Å². The topological polar surface area (TPSA) is 79.1 Å². The van der Waals surface area contributed by atoms with Crippen molar-refractivity contribution in [1.29, 1.82) is 0 Å². The van der Waals surface area contributed by atoms with Gasteiger partial charge in [0, 0.05) is 25.3 Å². The molecule has 0 amide bonds. The van der Waals surface area contributed by atoms with Crippen LogP contribution in [0.15, 0.2) is 23.3 Å².